The zero-order chi connectivity index (χ0) is 15.6. The van der Waals surface area contributed by atoms with Gasteiger partial charge in [-0.1, -0.05) is 32.0 Å². The van der Waals surface area contributed by atoms with Gasteiger partial charge in [0.25, 0.3) is 5.56 Å². The van der Waals surface area contributed by atoms with E-state index >= 15 is 0 Å². The number of thioether (sulfide) groups is 1. The van der Waals surface area contributed by atoms with E-state index in [1.165, 1.54) is 16.6 Å². The van der Waals surface area contributed by atoms with Gasteiger partial charge in [0.15, 0.2) is 5.16 Å². The fourth-order valence-corrected chi connectivity index (χ4v) is 3.94. The Kier molecular flexibility index (Phi) is 5.07. The lowest BCUT2D eigenvalue weighted by Crippen LogP contribution is -2.11. The van der Waals surface area contributed by atoms with E-state index in [0.29, 0.717) is 11.1 Å². The van der Waals surface area contributed by atoms with Crippen molar-refractivity contribution in [3.63, 3.8) is 0 Å². The van der Waals surface area contributed by atoms with Gasteiger partial charge in [-0.25, -0.2) is 4.98 Å². The van der Waals surface area contributed by atoms with Crippen LogP contribution in [0.1, 0.15) is 37.6 Å². The maximum absolute atomic E-state index is 12.4. The number of thiophene rings is 1. The van der Waals surface area contributed by atoms with E-state index in [-0.39, 0.29) is 10.8 Å². The highest BCUT2D eigenvalue weighted by Gasteiger charge is 2.17. The molecule has 6 heteroatoms. The molecule has 0 amide bonds. The maximum atomic E-state index is 12.4. The number of nitriles is 1. The Morgan fingerprint density at radius 3 is 2.81 bits per heavy atom. The first-order chi connectivity index (χ1) is 9.96. The lowest BCUT2D eigenvalue weighted by atomic mass is 9.98. The number of aromatic nitrogens is 2. The molecule has 0 saturated carbocycles. The summed E-state index contributed by atoms with van der Waals surface area (Å²) in [5.41, 5.74) is 1.04. The number of nitrogens with zero attached hydrogens (tertiary/aromatic N) is 2. The Morgan fingerprint density at radius 1 is 1.48 bits per heavy atom. The van der Waals surface area contributed by atoms with Crippen molar-refractivity contribution in [2.45, 2.75) is 50.9 Å². The van der Waals surface area contributed by atoms with Crippen molar-refractivity contribution >= 4 is 33.3 Å². The molecule has 0 aromatic carbocycles. The van der Waals surface area contributed by atoms with Crippen molar-refractivity contribution in [3.8, 4) is 6.07 Å². The summed E-state index contributed by atoms with van der Waals surface area (Å²) in [6.45, 7) is 8.20. The summed E-state index contributed by atoms with van der Waals surface area (Å²) >= 11 is 2.85. The molecule has 112 valence electrons. The standard InChI is InChI=1S/C15H19N3OS2/c1-5-8(2)6-11-10(4)21-14-12(11)13(19)17-15(18-14)20-9(3)7-16/h8-9H,5-6H2,1-4H3,(H,17,18,19)/t8-,9+/m1/s1. The minimum atomic E-state index is -0.230. The Labute approximate surface area is 132 Å². The Hall–Kier alpha value is -1.32. The normalized spacial score (nSPS) is 14.0. The fourth-order valence-electron chi connectivity index (χ4n) is 2.14. The number of H-pyrrole nitrogens is 1. The van der Waals surface area contributed by atoms with Crippen LogP contribution in [0.15, 0.2) is 9.95 Å². The molecule has 2 atom stereocenters. The average Bonchev–Trinajstić information content (AvgIpc) is 2.74. The van der Waals surface area contributed by atoms with Crippen LogP contribution in [0.25, 0.3) is 10.2 Å². The molecule has 4 nitrogen and oxygen atoms in total. The third kappa shape index (κ3) is 3.47. The number of hydrogen-bond donors (Lipinski definition) is 1. The molecule has 0 unspecified atom stereocenters. The molecule has 0 bridgehead atoms. The molecule has 0 saturated heterocycles. The predicted molar refractivity (Wildman–Crippen MR) is 89.1 cm³/mol. The van der Waals surface area contributed by atoms with E-state index in [1.807, 2.05) is 6.92 Å². The highest BCUT2D eigenvalue weighted by Crippen LogP contribution is 2.31. The molecular formula is C15H19N3OS2. The largest absolute Gasteiger partial charge is 0.301 e. The molecule has 0 aliphatic rings. The lowest BCUT2D eigenvalue weighted by molar-refractivity contribution is 0.561. The second-order valence-corrected chi connectivity index (χ2v) is 7.83. The zero-order valence-electron chi connectivity index (χ0n) is 12.7. The molecule has 0 aliphatic heterocycles. The van der Waals surface area contributed by atoms with E-state index in [4.69, 9.17) is 5.26 Å². The van der Waals surface area contributed by atoms with Gasteiger partial charge >= 0.3 is 0 Å². The summed E-state index contributed by atoms with van der Waals surface area (Å²) in [5.74, 6) is 0.550. The number of aryl methyl sites for hydroxylation is 1. The monoisotopic (exact) mass is 321 g/mol. The molecule has 0 radical (unpaired) electrons. The van der Waals surface area contributed by atoms with Crippen molar-refractivity contribution in [2.75, 3.05) is 0 Å². The van der Waals surface area contributed by atoms with Gasteiger partial charge in [0.05, 0.1) is 16.7 Å². The number of rotatable bonds is 5. The quantitative estimate of drug-likeness (QED) is 0.670. The first kappa shape index (κ1) is 16.1. The first-order valence-electron chi connectivity index (χ1n) is 7.04. The van der Waals surface area contributed by atoms with Gasteiger partial charge in [-0.2, -0.15) is 5.26 Å². The minimum Gasteiger partial charge on any atom is -0.301 e. The highest BCUT2D eigenvalue weighted by molar-refractivity contribution is 8.00. The molecule has 0 spiro atoms. The number of hydrogen-bond acceptors (Lipinski definition) is 5. The Bertz CT molecular complexity index is 742. The van der Waals surface area contributed by atoms with Crippen molar-refractivity contribution in [1.82, 2.24) is 9.97 Å². The Balaban J connectivity index is 2.49. The van der Waals surface area contributed by atoms with Gasteiger partial charge in [-0.3, -0.25) is 4.79 Å². The van der Waals surface area contributed by atoms with Crippen LogP contribution in [0.2, 0.25) is 0 Å². The SMILES string of the molecule is CC[C@@H](C)Cc1c(C)sc2nc(S[C@@H](C)C#N)[nH]c(=O)c12. The van der Waals surface area contributed by atoms with Gasteiger partial charge in [-0.05, 0) is 31.7 Å². The van der Waals surface area contributed by atoms with Gasteiger partial charge in [-0.15, -0.1) is 11.3 Å². The van der Waals surface area contributed by atoms with Gasteiger partial charge in [0, 0.05) is 4.88 Å². The second-order valence-electron chi connectivity index (χ2n) is 5.29. The molecule has 0 aliphatic carbocycles. The maximum Gasteiger partial charge on any atom is 0.260 e. The van der Waals surface area contributed by atoms with E-state index in [9.17, 15) is 4.79 Å². The van der Waals surface area contributed by atoms with Crippen LogP contribution in [-0.4, -0.2) is 15.2 Å². The van der Waals surface area contributed by atoms with E-state index in [0.717, 1.165) is 28.6 Å². The minimum absolute atomic E-state index is 0.0877. The summed E-state index contributed by atoms with van der Waals surface area (Å²) in [6, 6.07) is 2.14. The van der Waals surface area contributed by atoms with Gasteiger partial charge in [0.1, 0.15) is 4.83 Å². The summed E-state index contributed by atoms with van der Waals surface area (Å²) in [5, 5.41) is 9.89. The summed E-state index contributed by atoms with van der Waals surface area (Å²) in [7, 11) is 0. The van der Waals surface area contributed by atoms with Crippen molar-refractivity contribution in [2.24, 2.45) is 5.92 Å². The fraction of sp³-hybridized carbons (Fsp3) is 0.533. The van der Waals surface area contributed by atoms with E-state index in [2.05, 4.69) is 29.9 Å². The molecular weight excluding hydrogens is 302 g/mol. The summed E-state index contributed by atoms with van der Waals surface area (Å²) in [4.78, 5) is 21.7. The van der Waals surface area contributed by atoms with Gasteiger partial charge < -0.3 is 4.98 Å². The number of nitrogens with one attached hydrogen (secondary N) is 1. The van der Waals surface area contributed by atoms with Crippen molar-refractivity contribution in [1.29, 1.82) is 5.26 Å². The van der Waals surface area contributed by atoms with Crippen LogP contribution in [0.3, 0.4) is 0 Å². The predicted octanol–water partition coefficient (Wildman–Crippen LogP) is 3.89. The van der Waals surface area contributed by atoms with Crippen LogP contribution in [0.5, 0.6) is 0 Å². The third-order valence-corrected chi connectivity index (χ3v) is 5.48. The van der Waals surface area contributed by atoms with E-state index < -0.39 is 0 Å². The third-order valence-electron chi connectivity index (χ3n) is 3.56. The topological polar surface area (TPSA) is 69.5 Å². The number of aromatic amines is 1. The Morgan fingerprint density at radius 2 is 2.19 bits per heavy atom. The molecule has 0 fully saturated rings. The van der Waals surface area contributed by atoms with Crippen LogP contribution in [-0.2, 0) is 6.42 Å². The molecule has 2 aromatic rings. The lowest BCUT2D eigenvalue weighted by Gasteiger charge is -2.08. The first-order valence-corrected chi connectivity index (χ1v) is 8.74. The second kappa shape index (κ2) is 6.63. The van der Waals surface area contributed by atoms with Crippen LogP contribution in [0, 0.1) is 24.2 Å². The van der Waals surface area contributed by atoms with Crippen LogP contribution < -0.4 is 5.56 Å². The molecule has 21 heavy (non-hydrogen) atoms. The zero-order valence-corrected chi connectivity index (χ0v) is 14.3. The highest BCUT2D eigenvalue weighted by atomic mass is 32.2. The van der Waals surface area contributed by atoms with Gasteiger partial charge in [0.2, 0.25) is 0 Å². The van der Waals surface area contributed by atoms with E-state index in [1.54, 1.807) is 18.3 Å². The number of fused-ring (bicyclic) bond motifs is 1. The van der Waals surface area contributed by atoms with Crippen molar-refractivity contribution < 1.29 is 0 Å². The summed E-state index contributed by atoms with van der Waals surface area (Å²) < 4.78 is 0. The molecule has 2 aromatic heterocycles. The smallest absolute Gasteiger partial charge is 0.260 e. The molecule has 2 heterocycles. The molecule has 1 N–H and O–H groups in total. The summed E-state index contributed by atoms with van der Waals surface area (Å²) in [6.07, 6.45) is 2.00. The van der Waals surface area contributed by atoms with Crippen LogP contribution in [0.4, 0.5) is 0 Å². The average molecular weight is 321 g/mol. The van der Waals surface area contributed by atoms with Crippen molar-refractivity contribution in [3.05, 3.63) is 20.8 Å². The van der Waals surface area contributed by atoms with Crippen LogP contribution >= 0.6 is 23.1 Å². The molecule has 2 rings (SSSR count).